The molecule has 1 heterocycles. The van der Waals surface area contributed by atoms with Crippen molar-refractivity contribution in [2.75, 3.05) is 22.4 Å². The number of amides is 1. The average molecular weight is 510 g/mol. The van der Waals surface area contributed by atoms with Gasteiger partial charge >= 0.3 is 0 Å². The number of sulfonamides is 1. The van der Waals surface area contributed by atoms with Crippen molar-refractivity contribution in [3.63, 3.8) is 0 Å². The molecule has 0 unspecified atom stereocenters. The van der Waals surface area contributed by atoms with E-state index in [2.05, 4.69) is 10.5 Å². The molecule has 4 rings (SSSR count). The number of carbonyl (C=O) groups is 1. The van der Waals surface area contributed by atoms with E-state index in [1.165, 1.54) is 18.3 Å². The Morgan fingerprint density at radius 1 is 1.06 bits per heavy atom. The number of hydrogen-bond donors (Lipinski definition) is 1. The highest BCUT2D eigenvalue weighted by Crippen LogP contribution is 2.26. The Labute approximate surface area is 210 Å². The number of thioether (sulfide) groups is 1. The number of ether oxygens (including phenoxy) is 1. The Morgan fingerprint density at radius 3 is 2.43 bits per heavy atom. The summed E-state index contributed by atoms with van der Waals surface area (Å²) >= 11 is 1.84. The molecule has 0 saturated carbocycles. The minimum atomic E-state index is -3.97. The number of aryl methyl sites for hydroxylation is 2. The second-order valence-corrected chi connectivity index (χ2v) is 11.3. The molecule has 35 heavy (non-hydrogen) atoms. The fourth-order valence-corrected chi connectivity index (χ4v) is 5.61. The third-order valence-corrected chi connectivity index (χ3v) is 8.29. The second-order valence-electron chi connectivity index (χ2n) is 8.31. The van der Waals surface area contributed by atoms with Crippen LogP contribution in [0.15, 0.2) is 82.8 Å². The maximum Gasteiger partial charge on any atom is 0.264 e. The predicted molar refractivity (Wildman–Crippen MR) is 141 cm³/mol. The van der Waals surface area contributed by atoms with Gasteiger partial charge in [-0.05, 0) is 66.9 Å². The lowest BCUT2D eigenvalue weighted by Crippen LogP contribution is -2.39. The van der Waals surface area contributed by atoms with Crippen LogP contribution in [0.3, 0.4) is 0 Å². The molecule has 0 radical (unpaired) electrons. The Kier molecular flexibility index (Phi) is 7.77. The highest BCUT2D eigenvalue weighted by Gasteiger charge is 2.27. The quantitative estimate of drug-likeness (QED) is 0.346. The molecule has 3 aromatic carbocycles. The van der Waals surface area contributed by atoms with Crippen molar-refractivity contribution >= 4 is 39.6 Å². The third-order valence-electron chi connectivity index (χ3n) is 5.28. The lowest BCUT2D eigenvalue weighted by Gasteiger charge is -2.25. The molecule has 1 aliphatic rings. The molecule has 182 valence electrons. The largest absolute Gasteiger partial charge is 0.489 e. The molecule has 0 bridgehead atoms. The summed E-state index contributed by atoms with van der Waals surface area (Å²) in [5.41, 5.74) is 5.42. The molecule has 1 amide bonds. The van der Waals surface area contributed by atoms with Crippen LogP contribution in [0.4, 0.5) is 5.69 Å². The summed E-state index contributed by atoms with van der Waals surface area (Å²) in [6, 6.07) is 20.9. The van der Waals surface area contributed by atoms with Crippen molar-refractivity contribution in [2.24, 2.45) is 5.10 Å². The van der Waals surface area contributed by atoms with Gasteiger partial charge in [-0.25, -0.2) is 13.8 Å². The lowest BCUT2D eigenvalue weighted by atomic mass is 10.1. The minimum Gasteiger partial charge on any atom is -0.489 e. The molecule has 0 atom stereocenters. The lowest BCUT2D eigenvalue weighted by molar-refractivity contribution is -0.119. The van der Waals surface area contributed by atoms with Crippen molar-refractivity contribution in [3.05, 3.63) is 89.5 Å². The molecule has 0 aliphatic carbocycles. The number of benzene rings is 3. The molecule has 1 N–H and O–H groups in total. The van der Waals surface area contributed by atoms with Gasteiger partial charge < -0.3 is 4.74 Å². The average Bonchev–Trinajstić information content (AvgIpc) is 2.80. The molecular weight excluding hydrogens is 482 g/mol. The molecule has 0 aromatic heterocycles. The smallest absolute Gasteiger partial charge is 0.264 e. The van der Waals surface area contributed by atoms with Crippen LogP contribution in [0.1, 0.15) is 16.7 Å². The second kappa shape index (κ2) is 11.0. The van der Waals surface area contributed by atoms with Crippen molar-refractivity contribution in [3.8, 4) is 5.75 Å². The van der Waals surface area contributed by atoms with Crippen molar-refractivity contribution in [2.45, 2.75) is 24.8 Å². The number of rotatable bonds is 9. The van der Waals surface area contributed by atoms with Gasteiger partial charge in [-0.2, -0.15) is 16.9 Å². The number of anilines is 1. The van der Waals surface area contributed by atoms with Crippen molar-refractivity contribution < 1.29 is 17.9 Å². The zero-order valence-electron chi connectivity index (χ0n) is 19.5. The van der Waals surface area contributed by atoms with Gasteiger partial charge in [0.25, 0.3) is 15.9 Å². The van der Waals surface area contributed by atoms with Crippen LogP contribution in [0.2, 0.25) is 0 Å². The molecule has 1 saturated heterocycles. The molecule has 1 aliphatic heterocycles. The normalized spacial score (nSPS) is 13.9. The number of hydrazone groups is 1. The first-order chi connectivity index (χ1) is 16.8. The van der Waals surface area contributed by atoms with Gasteiger partial charge in [0, 0.05) is 11.5 Å². The molecule has 7 nitrogen and oxygen atoms in total. The minimum absolute atomic E-state index is 0.108. The summed E-state index contributed by atoms with van der Waals surface area (Å²) in [6.45, 7) is 3.35. The Morgan fingerprint density at radius 2 is 1.77 bits per heavy atom. The summed E-state index contributed by atoms with van der Waals surface area (Å²) in [5, 5.41) is 4.03. The zero-order valence-corrected chi connectivity index (χ0v) is 21.2. The molecular formula is C26H27N3O4S2. The molecule has 1 fully saturated rings. The number of nitrogens with one attached hydrogen (secondary N) is 1. The van der Waals surface area contributed by atoms with Crippen molar-refractivity contribution in [1.82, 2.24) is 5.43 Å². The van der Waals surface area contributed by atoms with Crippen LogP contribution in [-0.2, 0) is 14.8 Å². The van der Waals surface area contributed by atoms with E-state index in [1.807, 2.05) is 55.9 Å². The fraction of sp³-hybridized carbons (Fsp3) is 0.231. The van der Waals surface area contributed by atoms with E-state index in [4.69, 9.17) is 4.74 Å². The summed E-state index contributed by atoms with van der Waals surface area (Å²) in [6.07, 6.45) is 1.74. The maximum atomic E-state index is 13.4. The van der Waals surface area contributed by atoms with Gasteiger partial charge in [0.1, 0.15) is 18.4 Å². The first kappa shape index (κ1) is 24.8. The topological polar surface area (TPSA) is 88.1 Å². The third kappa shape index (κ3) is 6.43. The van der Waals surface area contributed by atoms with Crippen LogP contribution in [0.5, 0.6) is 5.75 Å². The highest BCUT2D eigenvalue weighted by molar-refractivity contribution is 8.00. The molecule has 3 aromatic rings. The van der Waals surface area contributed by atoms with E-state index in [9.17, 15) is 13.2 Å². The van der Waals surface area contributed by atoms with Crippen LogP contribution in [0, 0.1) is 13.8 Å². The number of carbonyl (C=O) groups excluding carboxylic acids is 1. The first-order valence-electron chi connectivity index (χ1n) is 11.1. The van der Waals surface area contributed by atoms with E-state index in [0.717, 1.165) is 38.3 Å². The van der Waals surface area contributed by atoms with E-state index < -0.39 is 22.5 Å². The van der Waals surface area contributed by atoms with Gasteiger partial charge in [-0.1, -0.05) is 36.4 Å². The standard InChI is InChI=1S/C26H27N3O4S2/c1-19-11-20(2)13-22(12-19)29(35(31,32)25-9-4-3-5-10-25)16-26(30)28-27-15-21-7-6-8-23(14-21)33-24-17-34-18-24/h3-15,24H,16-18H2,1-2H3,(H,28,30)/b27-15+. The number of hydrogen-bond acceptors (Lipinski definition) is 6. The van der Waals surface area contributed by atoms with Gasteiger partial charge in [-0.15, -0.1) is 0 Å². The van der Waals surface area contributed by atoms with Gasteiger partial charge in [-0.3, -0.25) is 9.10 Å². The van der Waals surface area contributed by atoms with E-state index in [-0.39, 0.29) is 11.0 Å². The van der Waals surface area contributed by atoms with Crippen LogP contribution in [0.25, 0.3) is 0 Å². The zero-order chi connectivity index (χ0) is 24.8. The van der Waals surface area contributed by atoms with Crippen LogP contribution < -0.4 is 14.5 Å². The van der Waals surface area contributed by atoms with E-state index >= 15 is 0 Å². The van der Waals surface area contributed by atoms with E-state index in [1.54, 1.807) is 30.3 Å². The van der Waals surface area contributed by atoms with Gasteiger partial charge in [0.15, 0.2) is 0 Å². The fourth-order valence-electron chi connectivity index (χ4n) is 3.62. The summed E-state index contributed by atoms with van der Waals surface area (Å²) < 4.78 is 33.9. The van der Waals surface area contributed by atoms with Crippen LogP contribution >= 0.6 is 11.8 Å². The Bertz CT molecular complexity index is 1300. The van der Waals surface area contributed by atoms with Gasteiger partial charge in [0.2, 0.25) is 0 Å². The summed E-state index contributed by atoms with van der Waals surface area (Å²) in [7, 11) is -3.97. The predicted octanol–water partition coefficient (Wildman–Crippen LogP) is 4.14. The van der Waals surface area contributed by atoms with Crippen LogP contribution in [-0.4, -0.2) is 44.7 Å². The van der Waals surface area contributed by atoms with E-state index in [0.29, 0.717) is 5.69 Å². The SMILES string of the molecule is Cc1cc(C)cc(N(CC(=O)N/N=C/c2cccc(OC3CSC3)c2)S(=O)(=O)c2ccccc2)c1. The molecule has 0 spiro atoms. The summed E-state index contributed by atoms with van der Waals surface area (Å²) in [4.78, 5) is 12.9. The highest BCUT2D eigenvalue weighted by atomic mass is 32.2. The monoisotopic (exact) mass is 509 g/mol. The first-order valence-corrected chi connectivity index (χ1v) is 13.7. The van der Waals surface area contributed by atoms with Crippen molar-refractivity contribution in [1.29, 1.82) is 0 Å². The number of nitrogens with zero attached hydrogens (tertiary/aromatic N) is 2. The Balaban J connectivity index is 1.50. The molecule has 9 heteroatoms. The maximum absolute atomic E-state index is 13.4. The summed E-state index contributed by atoms with van der Waals surface area (Å²) in [5.74, 6) is 2.16. The van der Waals surface area contributed by atoms with Gasteiger partial charge in [0.05, 0.1) is 16.8 Å². The Hall–Kier alpha value is -3.30.